The quantitative estimate of drug-likeness (QED) is 0.276. The van der Waals surface area contributed by atoms with Gasteiger partial charge in [0.2, 0.25) is 0 Å². The van der Waals surface area contributed by atoms with E-state index in [9.17, 15) is 22.8 Å². The maximum atomic E-state index is 13.2. The SMILES string of the molecule is Cc1cc(C(=O)CSc2nc3ccccc3c(=O)n2C2CCCC2)c(C)n1CC(F)(F)F. The van der Waals surface area contributed by atoms with E-state index >= 15 is 0 Å². The minimum Gasteiger partial charge on any atom is -0.339 e. The molecule has 1 aliphatic carbocycles. The fourth-order valence-corrected chi connectivity index (χ4v) is 5.38. The van der Waals surface area contributed by atoms with E-state index in [0.717, 1.165) is 30.3 Å². The second-order valence-electron chi connectivity index (χ2n) is 8.22. The molecule has 4 rings (SSSR count). The highest BCUT2D eigenvalue weighted by Gasteiger charge is 2.30. The van der Waals surface area contributed by atoms with Crippen LogP contribution in [0.2, 0.25) is 0 Å². The molecule has 0 saturated heterocycles. The first-order chi connectivity index (χ1) is 15.2. The van der Waals surface area contributed by atoms with E-state index in [2.05, 4.69) is 4.98 Å². The largest absolute Gasteiger partial charge is 0.406 e. The van der Waals surface area contributed by atoms with E-state index < -0.39 is 12.7 Å². The molecule has 2 heterocycles. The molecule has 1 saturated carbocycles. The molecule has 32 heavy (non-hydrogen) atoms. The molecule has 0 N–H and O–H groups in total. The molecule has 0 aliphatic heterocycles. The van der Waals surface area contributed by atoms with E-state index in [0.29, 0.717) is 27.4 Å². The standard InChI is InChI=1S/C23H24F3N3O2S/c1-14-11-18(15(2)28(14)13-23(24,25)26)20(30)12-32-22-27-19-10-6-5-9-17(19)21(31)29(22)16-7-3-4-8-16/h5-6,9-11,16H,3-4,7-8,12-13H2,1-2H3. The fourth-order valence-electron chi connectivity index (χ4n) is 4.43. The van der Waals surface area contributed by atoms with Gasteiger partial charge in [-0.3, -0.25) is 14.2 Å². The third-order valence-electron chi connectivity index (χ3n) is 6.01. The van der Waals surface area contributed by atoms with E-state index in [1.807, 2.05) is 6.07 Å². The molecule has 9 heteroatoms. The van der Waals surface area contributed by atoms with Gasteiger partial charge in [0.25, 0.3) is 5.56 Å². The van der Waals surface area contributed by atoms with Crippen LogP contribution >= 0.6 is 11.8 Å². The Balaban J connectivity index is 1.63. The number of alkyl halides is 3. The molecule has 0 bridgehead atoms. The Morgan fingerprint density at radius 2 is 1.88 bits per heavy atom. The number of aromatic nitrogens is 3. The van der Waals surface area contributed by atoms with Gasteiger partial charge < -0.3 is 4.57 Å². The Kier molecular flexibility index (Phi) is 6.20. The van der Waals surface area contributed by atoms with Crippen LogP contribution in [0, 0.1) is 13.8 Å². The molecule has 0 amide bonds. The van der Waals surface area contributed by atoms with Crippen molar-refractivity contribution in [3.8, 4) is 0 Å². The first-order valence-electron chi connectivity index (χ1n) is 10.6. The number of Topliss-reactive ketones (excluding diaryl/α,β-unsaturated/α-hetero) is 1. The molecule has 0 atom stereocenters. The van der Waals surface area contributed by atoms with Crippen molar-refractivity contribution < 1.29 is 18.0 Å². The summed E-state index contributed by atoms with van der Waals surface area (Å²) < 4.78 is 41.5. The van der Waals surface area contributed by atoms with Gasteiger partial charge in [-0.15, -0.1) is 0 Å². The number of hydrogen-bond acceptors (Lipinski definition) is 4. The minimum atomic E-state index is -4.37. The number of benzene rings is 1. The van der Waals surface area contributed by atoms with Gasteiger partial charge in [-0.2, -0.15) is 13.2 Å². The summed E-state index contributed by atoms with van der Waals surface area (Å²) in [7, 11) is 0. The van der Waals surface area contributed by atoms with E-state index in [1.54, 1.807) is 29.7 Å². The highest BCUT2D eigenvalue weighted by Crippen LogP contribution is 2.32. The van der Waals surface area contributed by atoms with Gasteiger partial charge in [0.15, 0.2) is 10.9 Å². The Hall–Kier alpha value is -2.55. The van der Waals surface area contributed by atoms with Crippen molar-refractivity contribution in [1.82, 2.24) is 14.1 Å². The molecule has 5 nitrogen and oxygen atoms in total. The molecule has 1 aliphatic rings. The third-order valence-corrected chi connectivity index (χ3v) is 6.96. The van der Waals surface area contributed by atoms with Crippen LogP contribution in [0.1, 0.15) is 53.5 Å². The molecule has 1 fully saturated rings. The predicted molar refractivity (Wildman–Crippen MR) is 119 cm³/mol. The zero-order valence-corrected chi connectivity index (χ0v) is 18.7. The lowest BCUT2D eigenvalue weighted by molar-refractivity contribution is -0.141. The van der Waals surface area contributed by atoms with Gasteiger partial charge in [0.05, 0.1) is 16.7 Å². The van der Waals surface area contributed by atoms with E-state index in [1.165, 1.54) is 24.8 Å². The van der Waals surface area contributed by atoms with Gasteiger partial charge in [-0.1, -0.05) is 36.7 Å². The number of carbonyl (C=O) groups is 1. The number of halogens is 3. The average Bonchev–Trinajstić information content (AvgIpc) is 3.35. The number of aryl methyl sites for hydroxylation is 1. The van der Waals surface area contributed by atoms with Crippen LogP contribution in [0.25, 0.3) is 10.9 Å². The molecule has 0 radical (unpaired) electrons. The fraction of sp³-hybridized carbons (Fsp3) is 0.435. The van der Waals surface area contributed by atoms with Crippen molar-refractivity contribution in [2.45, 2.75) is 63.5 Å². The normalized spacial score (nSPS) is 15.0. The Morgan fingerprint density at radius 3 is 2.56 bits per heavy atom. The maximum Gasteiger partial charge on any atom is 0.406 e. The number of thioether (sulfide) groups is 1. The molecule has 3 aromatic rings. The van der Waals surface area contributed by atoms with Gasteiger partial charge >= 0.3 is 6.18 Å². The Morgan fingerprint density at radius 1 is 1.19 bits per heavy atom. The maximum absolute atomic E-state index is 13.2. The number of nitrogens with zero attached hydrogens (tertiary/aromatic N) is 3. The number of carbonyl (C=O) groups excluding carboxylic acids is 1. The van der Waals surface area contributed by atoms with Crippen LogP contribution < -0.4 is 5.56 Å². The number of ketones is 1. The summed E-state index contributed by atoms with van der Waals surface area (Å²) in [6, 6.07) is 8.69. The van der Waals surface area contributed by atoms with Crippen LogP contribution in [0.3, 0.4) is 0 Å². The topological polar surface area (TPSA) is 56.9 Å². The second-order valence-corrected chi connectivity index (χ2v) is 9.17. The van der Waals surface area contributed by atoms with Gasteiger partial charge in [0.1, 0.15) is 6.54 Å². The number of para-hydroxylation sites is 1. The summed E-state index contributed by atoms with van der Waals surface area (Å²) in [6.07, 6.45) is -0.508. The molecule has 0 spiro atoms. The minimum absolute atomic E-state index is 0.00614. The van der Waals surface area contributed by atoms with E-state index in [-0.39, 0.29) is 28.7 Å². The van der Waals surface area contributed by atoms with Gasteiger partial charge in [-0.05, 0) is 44.9 Å². The monoisotopic (exact) mass is 463 g/mol. The van der Waals surface area contributed by atoms with Gasteiger partial charge in [-0.25, -0.2) is 4.98 Å². The van der Waals surface area contributed by atoms with Crippen molar-refractivity contribution in [1.29, 1.82) is 0 Å². The zero-order chi connectivity index (χ0) is 23.0. The summed E-state index contributed by atoms with van der Waals surface area (Å²) >= 11 is 1.17. The molecule has 2 aromatic heterocycles. The molecular weight excluding hydrogens is 439 g/mol. The number of fused-ring (bicyclic) bond motifs is 1. The molecule has 1 aromatic carbocycles. The zero-order valence-electron chi connectivity index (χ0n) is 17.9. The first kappa shape index (κ1) is 22.6. The van der Waals surface area contributed by atoms with E-state index in [4.69, 9.17) is 0 Å². The van der Waals surface area contributed by atoms with Crippen molar-refractivity contribution in [2.24, 2.45) is 0 Å². The van der Waals surface area contributed by atoms with Crippen LogP contribution in [-0.2, 0) is 6.54 Å². The van der Waals surface area contributed by atoms with Crippen molar-refractivity contribution in [3.05, 3.63) is 57.6 Å². The lowest BCUT2D eigenvalue weighted by Crippen LogP contribution is -2.26. The summed E-state index contributed by atoms with van der Waals surface area (Å²) in [5.41, 5.74) is 1.42. The van der Waals surface area contributed by atoms with Crippen LogP contribution in [-0.4, -0.2) is 31.8 Å². The Bertz CT molecular complexity index is 1220. The third kappa shape index (κ3) is 4.48. The smallest absolute Gasteiger partial charge is 0.339 e. The van der Waals surface area contributed by atoms with Crippen molar-refractivity contribution in [3.63, 3.8) is 0 Å². The van der Waals surface area contributed by atoms with Crippen molar-refractivity contribution in [2.75, 3.05) is 5.75 Å². The number of hydrogen-bond donors (Lipinski definition) is 0. The summed E-state index contributed by atoms with van der Waals surface area (Å²) in [6.45, 7) is 1.96. The summed E-state index contributed by atoms with van der Waals surface area (Å²) in [4.78, 5) is 30.8. The van der Waals surface area contributed by atoms with Crippen LogP contribution in [0.5, 0.6) is 0 Å². The lowest BCUT2D eigenvalue weighted by atomic mass is 10.2. The van der Waals surface area contributed by atoms with Gasteiger partial charge in [0, 0.05) is 23.0 Å². The summed E-state index contributed by atoms with van der Waals surface area (Å²) in [5, 5.41) is 1.03. The highest BCUT2D eigenvalue weighted by molar-refractivity contribution is 7.99. The Labute approximate surface area is 187 Å². The first-order valence-corrected chi connectivity index (χ1v) is 11.5. The predicted octanol–water partition coefficient (Wildman–Crippen LogP) is 5.47. The van der Waals surface area contributed by atoms with Crippen molar-refractivity contribution >= 4 is 28.4 Å². The lowest BCUT2D eigenvalue weighted by Gasteiger charge is -2.18. The summed E-state index contributed by atoms with van der Waals surface area (Å²) in [5.74, 6) is -0.287. The molecule has 0 unspecified atom stereocenters. The van der Waals surface area contributed by atoms with Crippen LogP contribution in [0.15, 0.2) is 40.3 Å². The second kappa shape index (κ2) is 8.77. The average molecular weight is 464 g/mol. The molecule has 170 valence electrons. The number of rotatable bonds is 6. The van der Waals surface area contributed by atoms with Crippen LogP contribution in [0.4, 0.5) is 13.2 Å². The highest BCUT2D eigenvalue weighted by atomic mass is 32.2. The molecular formula is C23H24F3N3O2S.